The SMILES string of the molecule is COC(=O)c1sc2ccc(OC)cc2c1NC(C)CN. The fourth-order valence-electron chi connectivity index (χ4n) is 1.89. The average molecular weight is 294 g/mol. The van der Waals surface area contributed by atoms with Gasteiger partial charge in [-0.25, -0.2) is 4.79 Å². The maximum Gasteiger partial charge on any atom is 0.350 e. The summed E-state index contributed by atoms with van der Waals surface area (Å²) in [5.41, 5.74) is 6.41. The van der Waals surface area contributed by atoms with Crippen LogP contribution in [0.25, 0.3) is 10.1 Å². The van der Waals surface area contributed by atoms with Crippen molar-refractivity contribution in [2.45, 2.75) is 13.0 Å². The molecule has 0 fully saturated rings. The topological polar surface area (TPSA) is 73.6 Å². The van der Waals surface area contributed by atoms with E-state index in [4.69, 9.17) is 15.2 Å². The van der Waals surface area contributed by atoms with Gasteiger partial charge in [-0.3, -0.25) is 0 Å². The number of benzene rings is 1. The summed E-state index contributed by atoms with van der Waals surface area (Å²) >= 11 is 1.39. The summed E-state index contributed by atoms with van der Waals surface area (Å²) in [5.74, 6) is 0.395. The van der Waals surface area contributed by atoms with Gasteiger partial charge in [0.05, 0.1) is 19.9 Å². The van der Waals surface area contributed by atoms with Crippen molar-refractivity contribution in [3.8, 4) is 5.75 Å². The number of anilines is 1. The maximum absolute atomic E-state index is 11.9. The van der Waals surface area contributed by atoms with Crippen molar-refractivity contribution >= 4 is 33.1 Å². The van der Waals surface area contributed by atoms with Gasteiger partial charge in [-0.1, -0.05) is 0 Å². The highest BCUT2D eigenvalue weighted by atomic mass is 32.1. The van der Waals surface area contributed by atoms with Gasteiger partial charge in [-0.15, -0.1) is 11.3 Å². The zero-order chi connectivity index (χ0) is 14.7. The molecule has 108 valence electrons. The van der Waals surface area contributed by atoms with Crippen molar-refractivity contribution in [3.05, 3.63) is 23.1 Å². The first-order chi connectivity index (χ1) is 9.60. The summed E-state index contributed by atoms with van der Waals surface area (Å²) in [6.07, 6.45) is 0. The van der Waals surface area contributed by atoms with Gasteiger partial charge in [0.1, 0.15) is 10.6 Å². The number of esters is 1. The van der Waals surface area contributed by atoms with Gasteiger partial charge in [-0.2, -0.15) is 0 Å². The van der Waals surface area contributed by atoms with Crippen LogP contribution in [0.1, 0.15) is 16.6 Å². The van der Waals surface area contributed by atoms with Crippen molar-refractivity contribution in [2.75, 3.05) is 26.1 Å². The predicted molar refractivity (Wildman–Crippen MR) is 81.9 cm³/mol. The maximum atomic E-state index is 11.9. The number of carbonyl (C=O) groups is 1. The Morgan fingerprint density at radius 3 is 2.80 bits per heavy atom. The van der Waals surface area contributed by atoms with Crippen molar-refractivity contribution < 1.29 is 14.3 Å². The van der Waals surface area contributed by atoms with Crippen LogP contribution in [-0.4, -0.2) is 32.8 Å². The standard InChI is InChI=1S/C14H18N2O3S/c1-8(7-15)16-12-10-6-9(18-2)4-5-11(10)20-13(12)14(17)19-3/h4-6,8,16H,7,15H2,1-3H3. The van der Waals surface area contributed by atoms with Crippen LogP contribution in [0.2, 0.25) is 0 Å². The number of ether oxygens (including phenoxy) is 2. The van der Waals surface area contributed by atoms with E-state index >= 15 is 0 Å². The van der Waals surface area contributed by atoms with E-state index in [9.17, 15) is 4.79 Å². The lowest BCUT2D eigenvalue weighted by Crippen LogP contribution is -2.25. The summed E-state index contributed by atoms with van der Waals surface area (Å²) in [7, 11) is 2.99. The second-order valence-corrected chi connectivity index (χ2v) is 5.49. The van der Waals surface area contributed by atoms with Gasteiger partial charge in [-0.05, 0) is 25.1 Å². The molecule has 2 rings (SSSR count). The Bertz CT molecular complexity index is 624. The molecule has 1 aromatic carbocycles. The van der Waals surface area contributed by atoms with Crippen molar-refractivity contribution in [1.29, 1.82) is 0 Å². The third-order valence-corrected chi connectivity index (χ3v) is 4.16. The van der Waals surface area contributed by atoms with Gasteiger partial charge >= 0.3 is 5.97 Å². The highest BCUT2D eigenvalue weighted by Gasteiger charge is 2.20. The molecule has 0 amide bonds. The fraction of sp³-hybridized carbons (Fsp3) is 0.357. The van der Waals surface area contributed by atoms with Gasteiger partial charge in [0.2, 0.25) is 0 Å². The fourth-order valence-corrected chi connectivity index (χ4v) is 2.95. The normalized spacial score (nSPS) is 12.2. The summed E-state index contributed by atoms with van der Waals surface area (Å²) in [6, 6.07) is 5.77. The zero-order valence-electron chi connectivity index (χ0n) is 11.7. The van der Waals surface area contributed by atoms with Gasteiger partial charge < -0.3 is 20.5 Å². The summed E-state index contributed by atoms with van der Waals surface area (Å²) in [4.78, 5) is 12.5. The molecule has 1 atom stereocenters. The minimum Gasteiger partial charge on any atom is -0.497 e. The third kappa shape index (κ3) is 2.71. The van der Waals surface area contributed by atoms with E-state index in [0.29, 0.717) is 11.4 Å². The molecule has 20 heavy (non-hydrogen) atoms. The van der Waals surface area contributed by atoms with Crippen LogP contribution in [0.5, 0.6) is 5.75 Å². The molecule has 1 heterocycles. The first-order valence-corrected chi connectivity index (χ1v) is 7.07. The van der Waals surface area contributed by atoms with E-state index < -0.39 is 0 Å². The van der Waals surface area contributed by atoms with Gasteiger partial charge in [0.15, 0.2) is 0 Å². The molecule has 6 heteroatoms. The predicted octanol–water partition coefficient (Wildman–Crippen LogP) is 2.46. The summed E-state index contributed by atoms with van der Waals surface area (Å²) in [5, 5.41) is 4.22. The number of fused-ring (bicyclic) bond motifs is 1. The van der Waals surface area contributed by atoms with E-state index in [0.717, 1.165) is 21.5 Å². The summed E-state index contributed by atoms with van der Waals surface area (Å²) in [6.45, 7) is 2.44. The number of carbonyl (C=O) groups excluding carboxylic acids is 1. The lowest BCUT2D eigenvalue weighted by Gasteiger charge is -2.13. The highest BCUT2D eigenvalue weighted by molar-refractivity contribution is 7.21. The molecule has 0 saturated heterocycles. The number of methoxy groups -OCH3 is 2. The first-order valence-electron chi connectivity index (χ1n) is 6.26. The number of thiophene rings is 1. The Balaban J connectivity index is 2.59. The lowest BCUT2D eigenvalue weighted by atomic mass is 10.2. The molecular formula is C14H18N2O3S. The molecular weight excluding hydrogens is 276 g/mol. The van der Waals surface area contributed by atoms with Gasteiger partial charge in [0.25, 0.3) is 0 Å². The molecule has 0 aliphatic rings. The molecule has 0 aliphatic heterocycles. The number of nitrogens with one attached hydrogen (secondary N) is 1. The highest BCUT2D eigenvalue weighted by Crippen LogP contribution is 2.38. The number of hydrogen-bond acceptors (Lipinski definition) is 6. The monoisotopic (exact) mass is 294 g/mol. The minimum absolute atomic E-state index is 0.0578. The van der Waals surface area contributed by atoms with Crippen LogP contribution in [0.3, 0.4) is 0 Å². The molecule has 1 aromatic heterocycles. The van der Waals surface area contributed by atoms with Gasteiger partial charge in [0, 0.05) is 22.7 Å². The smallest absolute Gasteiger partial charge is 0.350 e. The molecule has 0 radical (unpaired) electrons. The second kappa shape index (κ2) is 6.11. The molecule has 1 unspecified atom stereocenters. The van der Waals surface area contributed by atoms with Crippen molar-refractivity contribution in [2.24, 2.45) is 5.73 Å². The van der Waals surface area contributed by atoms with E-state index in [1.165, 1.54) is 18.4 Å². The van der Waals surface area contributed by atoms with E-state index in [2.05, 4.69) is 5.32 Å². The Morgan fingerprint density at radius 1 is 1.45 bits per heavy atom. The Hall–Kier alpha value is -1.79. The van der Waals surface area contributed by atoms with Crippen molar-refractivity contribution in [1.82, 2.24) is 0 Å². The molecule has 0 bridgehead atoms. The molecule has 5 nitrogen and oxygen atoms in total. The number of rotatable bonds is 5. The largest absolute Gasteiger partial charge is 0.497 e. The molecule has 0 aliphatic carbocycles. The average Bonchev–Trinajstić information content (AvgIpc) is 2.84. The van der Waals surface area contributed by atoms with Crippen LogP contribution < -0.4 is 15.8 Å². The Kier molecular flexibility index (Phi) is 4.46. The second-order valence-electron chi connectivity index (χ2n) is 4.44. The van der Waals surface area contributed by atoms with Crippen molar-refractivity contribution in [3.63, 3.8) is 0 Å². The van der Waals surface area contributed by atoms with E-state index in [1.807, 2.05) is 25.1 Å². The number of hydrogen-bond donors (Lipinski definition) is 2. The van der Waals surface area contributed by atoms with E-state index in [1.54, 1.807) is 7.11 Å². The molecule has 0 spiro atoms. The zero-order valence-corrected chi connectivity index (χ0v) is 12.5. The quantitative estimate of drug-likeness (QED) is 0.829. The van der Waals surface area contributed by atoms with Crippen LogP contribution in [-0.2, 0) is 4.74 Å². The van der Waals surface area contributed by atoms with Crippen LogP contribution in [0.4, 0.5) is 5.69 Å². The Labute approximate surface area is 121 Å². The van der Waals surface area contributed by atoms with E-state index in [-0.39, 0.29) is 12.0 Å². The molecule has 3 N–H and O–H groups in total. The number of nitrogens with two attached hydrogens (primary N) is 1. The Morgan fingerprint density at radius 2 is 2.20 bits per heavy atom. The molecule has 0 saturated carbocycles. The van der Waals surface area contributed by atoms with Crippen LogP contribution in [0.15, 0.2) is 18.2 Å². The lowest BCUT2D eigenvalue weighted by molar-refractivity contribution is 0.0607. The minimum atomic E-state index is -0.350. The first kappa shape index (κ1) is 14.6. The third-order valence-electron chi connectivity index (χ3n) is 3.01. The van der Waals surface area contributed by atoms with Crippen LogP contribution in [0, 0.1) is 0 Å². The summed E-state index contributed by atoms with van der Waals surface area (Å²) < 4.78 is 11.1. The van der Waals surface area contributed by atoms with Crippen LogP contribution >= 0.6 is 11.3 Å². The molecule has 2 aromatic rings.